The summed E-state index contributed by atoms with van der Waals surface area (Å²) in [5.41, 5.74) is 1.49. The minimum Gasteiger partial charge on any atom is -0.481 e. The Morgan fingerprint density at radius 1 is 1.19 bits per heavy atom. The van der Waals surface area contributed by atoms with Crippen molar-refractivity contribution in [1.29, 1.82) is 0 Å². The Kier molecular flexibility index (Phi) is 10.5. The molecule has 176 valence electrons. The number of sulfonamides is 1. The fraction of sp³-hybridized carbons (Fsp3) is 0.545. The molecule has 1 aliphatic rings. The predicted octanol–water partition coefficient (Wildman–Crippen LogP) is 1.72. The Bertz CT molecular complexity index is 915. The van der Waals surface area contributed by atoms with E-state index >= 15 is 0 Å². The summed E-state index contributed by atoms with van der Waals surface area (Å²) in [5.74, 6) is 5.05. The third kappa shape index (κ3) is 8.15. The zero-order valence-corrected chi connectivity index (χ0v) is 19.0. The molecule has 0 bridgehead atoms. The van der Waals surface area contributed by atoms with Gasteiger partial charge in [-0.3, -0.25) is 14.8 Å². The van der Waals surface area contributed by atoms with Crippen LogP contribution in [0.4, 0.5) is 0 Å². The number of hydroxylamine groups is 1. The van der Waals surface area contributed by atoms with Crippen LogP contribution in [-0.4, -0.2) is 44.6 Å². The van der Waals surface area contributed by atoms with Gasteiger partial charge in [0, 0.05) is 12.5 Å². The van der Waals surface area contributed by atoms with Crippen LogP contribution in [0.1, 0.15) is 51.9 Å². The zero-order valence-electron chi connectivity index (χ0n) is 18.2. The molecule has 0 aromatic heterocycles. The average Bonchev–Trinajstić information content (AvgIpc) is 2.81. The van der Waals surface area contributed by atoms with E-state index in [0.29, 0.717) is 18.7 Å². The molecule has 0 aliphatic heterocycles. The highest BCUT2D eigenvalue weighted by atomic mass is 32.2. The van der Waals surface area contributed by atoms with Gasteiger partial charge in [-0.1, -0.05) is 25.2 Å². The Labute approximate surface area is 189 Å². The van der Waals surface area contributed by atoms with E-state index in [2.05, 4.69) is 21.9 Å². The molecule has 0 spiro atoms. The molecule has 2 amide bonds. The lowest BCUT2D eigenvalue weighted by Crippen LogP contribution is -2.46. The smallest absolute Gasteiger partial charge is 0.261 e. The van der Waals surface area contributed by atoms with Gasteiger partial charge in [0.2, 0.25) is 15.9 Å². The largest absolute Gasteiger partial charge is 0.481 e. The summed E-state index contributed by atoms with van der Waals surface area (Å²) in [6.45, 7) is 2.20. The number of hydrogen-bond acceptors (Lipinski definition) is 6. The first kappa shape index (κ1) is 25.6. The SMILES string of the molecule is CC#CCOc1ccc(S(=O)(=O)NC(CCCNC(=O)C2CCCCC2)C(=O)NO)cc1. The molecule has 9 nitrogen and oxygen atoms in total. The number of rotatable bonds is 11. The van der Waals surface area contributed by atoms with Crippen LogP contribution in [0.15, 0.2) is 29.2 Å². The topological polar surface area (TPSA) is 134 Å². The number of amides is 2. The van der Waals surface area contributed by atoms with Gasteiger partial charge in [-0.05, 0) is 56.9 Å². The molecule has 32 heavy (non-hydrogen) atoms. The van der Waals surface area contributed by atoms with E-state index in [1.54, 1.807) is 6.92 Å². The van der Waals surface area contributed by atoms with Gasteiger partial charge < -0.3 is 10.1 Å². The highest BCUT2D eigenvalue weighted by Crippen LogP contribution is 2.23. The second kappa shape index (κ2) is 13.1. The maximum atomic E-state index is 12.7. The quantitative estimate of drug-likeness (QED) is 0.170. The van der Waals surface area contributed by atoms with Crippen molar-refractivity contribution >= 4 is 21.8 Å². The summed E-state index contributed by atoms with van der Waals surface area (Å²) in [7, 11) is -4.02. The molecule has 0 radical (unpaired) electrons. The van der Waals surface area contributed by atoms with E-state index < -0.39 is 22.0 Å². The van der Waals surface area contributed by atoms with Crippen LogP contribution in [-0.2, 0) is 19.6 Å². The van der Waals surface area contributed by atoms with Gasteiger partial charge in [0.25, 0.3) is 5.91 Å². The average molecular weight is 466 g/mol. The number of carbonyl (C=O) groups is 2. The van der Waals surface area contributed by atoms with E-state index in [0.717, 1.165) is 32.1 Å². The normalized spacial score (nSPS) is 15.2. The van der Waals surface area contributed by atoms with Crippen LogP contribution in [0.5, 0.6) is 5.75 Å². The Balaban J connectivity index is 1.90. The van der Waals surface area contributed by atoms with Gasteiger partial charge in [-0.25, -0.2) is 13.9 Å². The van der Waals surface area contributed by atoms with Crippen molar-refractivity contribution in [3.05, 3.63) is 24.3 Å². The number of ether oxygens (including phenoxy) is 1. The third-order valence-corrected chi connectivity index (χ3v) is 6.78. The van der Waals surface area contributed by atoms with E-state index in [9.17, 15) is 18.0 Å². The lowest BCUT2D eigenvalue weighted by Gasteiger charge is -2.21. The molecule has 1 saturated carbocycles. The van der Waals surface area contributed by atoms with E-state index in [4.69, 9.17) is 9.94 Å². The van der Waals surface area contributed by atoms with E-state index in [-0.39, 0.29) is 29.7 Å². The van der Waals surface area contributed by atoms with E-state index in [1.807, 2.05) is 0 Å². The number of nitrogens with one attached hydrogen (secondary N) is 3. The van der Waals surface area contributed by atoms with Crippen molar-refractivity contribution in [1.82, 2.24) is 15.5 Å². The van der Waals surface area contributed by atoms with Gasteiger partial charge in [0.05, 0.1) is 4.90 Å². The first-order valence-corrected chi connectivity index (χ1v) is 12.2. The maximum Gasteiger partial charge on any atom is 0.261 e. The number of carbonyl (C=O) groups excluding carboxylic acids is 2. The first-order valence-electron chi connectivity index (χ1n) is 10.7. The highest BCUT2D eigenvalue weighted by Gasteiger charge is 2.26. The van der Waals surface area contributed by atoms with Gasteiger partial charge in [-0.15, -0.1) is 5.92 Å². The van der Waals surface area contributed by atoms with Crippen molar-refractivity contribution in [2.24, 2.45) is 5.92 Å². The summed E-state index contributed by atoms with van der Waals surface area (Å²) in [4.78, 5) is 24.1. The molecule has 2 rings (SSSR count). The maximum absolute atomic E-state index is 12.7. The van der Waals surface area contributed by atoms with Gasteiger partial charge in [0.15, 0.2) is 0 Å². The number of benzene rings is 1. The minimum atomic E-state index is -4.02. The molecule has 1 aromatic carbocycles. The van der Waals surface area contributed by atoms with Crippen LogP contribution in [0.3, 0.4) is 0 Å². The highest BCUT2D eigenvalue weighted by molar-refractivity contribution is 7.89. The standard InChI is InChI=1S/C22H31N3O6S/c1-2-3-16-31-18-11-13-19(14-12-18)32(29,30)25-20(22(27)24-28)10-7-15-23-21(26)17-8-5-4-6-9-17/h11-14,17,20,25,28H,4-10,15-16H2,1H3,(H,23,26)(H,24,27). The van der Waals surface area contributed by atoms with Gasteiger partial charge in [-0.2, -0.15) is 4.72 Å². The summed E-state index contributed by atoms with van der Waals surface area (Å²) in [6, 6.07) is 4.51. The summed E-state index contributed by atoms with van der Waals surface area (Å²) < 4.78 is 33.0. The summed E-state index contributed by atoms with van der Waals surface area (Å²) >= 11 is 0. The monoisotopic (exact) mass is 465 g/mol. The van der Waals surface area contributed by atoms with Crippen molar-refractivity contribution in [3.63, 3.8) is 0 Å². The molecule has 0 saturated heterocycles. The first-order chi connectivity index (χ1) is 15.4. The Morgan fingerprint density at radius 3 is 2.50 bits per heavy atom. The molecule has 0 heterocycles. The lowest BCUT2D eigenvalue weighted by molar-refractivity contribution is -0.131. The fourth-order valence-electron chi connectivity index (χ4n) is 3.51. The second-order valence-electron chi connectivity index (χ2n) is 7.60. The van der Waals surface area contributed by atoms with Crippen molar-refractivity contribution in [3.8, 4) is 17.6 Å². The van der Waals surface area contributed by atoms with Crippen molar-refractivity contribution in [2.45, 2.75) is 62.8 Å². The third-order valence-electron chi connectivity index (χ3n) is 5.29. The molecule has 4 N–H and O–H groups in total. The van der Waals surface area contributed by atoms with Gasteiger partial charge in [0.1, 0.15) is 18.4 Å². The molecule has 1 aromatic rings. The van der Waals surface area contributed by atoms with Crippen LogP contribution in [0.25, 0.3) is 0 Å². The summed E-state index contributed by atoms with van der Waals surface area (Å²) in [5, 5.41) is 11.8. The molecule has 1 unspecified atom stereocenters. The van der Waals surface area contributed by atoms with Crippen LogP contribution < -0.4 is 20.3 Å². The zero-order chi connectivity index (χ0) is 23.4. The van der Waals surface area contributed by atoms with Crippen LogP contribution in [0.2, 0.25) is 0 Å². The predicted molar refractivity (Wildman–Crippen MR) is 118 cm³/mol. The second-order valence-corrected chi connectivity index (χ2v) is 9.32. The van der Waals surface area contributed by atoms with Crippen molar-refractivity contribution < 1.29 is 28.0 Å². The summed E-state index contributed by atoms with van der Waals surface area (Å²) in [6.07, 6.45) is 5.51. The van der Waals surface area contributed by atoms with Gasteiger partial charge >= 0.3 is 0 Å². The lowest BCUT2D eigenvalue weighted by atomic mass is 9.88. The minimum absolute atomic E-state index is 0.000618. The molecule has 10 heteroatoms. The fourth-order valence-corrected chi connectivity index (χ4v) is 4.74. The molecule has 1 fully saturated rings. The van der Waals surface area contributed by atoms with E-state index in [1.165, 1.54) is 29.7 Å². The molecule has 1 atom stereocenters. The van der Waals surface area contributed by atoms with Crippen molar-refractivity contribution in [2.75, 3.05) is 13.2 Å². The number of hydrogen-bond donors (Lipinski definition) is 4. The molecular formula is C22H31N3O6S. The Hall–Kier alpha value is -2.61. The molecule has 1 aliphatic carbocycles. The Morgan fingerprint density at radius 2 is 1.88 bits per heavy atom. The molecular weight excluding hydrogens is 434 g/mol. The van der Waals surface area contributed by atoms with Crippen LogP contribution in [0, 0.1) is 17.8 Å². The van der Waals surface area contributed by atoms with Crippen LogP contribution >= 0.6 is 0 Å².